The first-order chi connectivity index (χ1) is 9.95. The Labute approximate surface area is 131 Å². The van der Waals surface area contributed by atoms with Gasteiger partial charge in [-0.15, -0.1) is 0 Å². The summed E-state index contributed by atoms with van der Waals surface area (Å²) in [5.74, 6) is -0.150. The number of hydrogen-bond donors (Lipinski definition) is 1. The van der Waals surface area contributed by atoms with Crippen LogP contribution in [0, 0.1) is 19.7 Å². The lowest BCUT2D eigenvalue weighted by molar-refractivity contribution is 0.574. The summed E-state index contributed by atoms with van der Waals surface area (Å²) in [6, 6.07) is 12.1. The lowest BCUT2D eigenvalue weighted by Gasteiger charge is -2.11. The Balaban J connectivity index is 2.13. The summed E-state index contributed by atoms with van der Waals surface area (Å²) >= 11 is 1.49. The van der Waals surface area contributed by atoms with Crippen LogP contribution in [0.2, 0.25) is 0 Å². The molecular weight excluding hydrogens is 281 g/mol. The van der Waals surface area contributed by atoms with E-state index in [-0.39, 0.29) is 5.82 Å². The second kappa shape index (κ2) is 7.10. The molecule has 0 spiro atoms. The zero-order valence-electron chi connectivity index (χ0n) is 13.0. The van der Waals surface area contributed by atoms with Crippen molar-refractivity contribution in [2.24, 2.45) is 0 Å². The molecule has 0 fully saturated rings. The van der Waals surface area contributed by atoms with Crippen molar-refractivity contribution < 1.29 is 4.39 Å². The van der Waals surface area contributed by atoms with Gasteiger partial charge in [0.05, 0.1) is 0 Å². The highest BCUT2D eigenvalue weighted by molar-refractivity contribution is 7.99. The van der Waals surface area contributed by atoms with Crippen molar-refractivity contribution in [3.05, 3.63) is 58.9 Å². The molecule has 112 valence electrons. The first-order valence-electron chi connectivity index (χ1n) is 7.22. The summed E-state index contributed by atoms with van der Waals surface area (Å²) in [5.41, 5.74) is 3.39. The summed E-state index contributed by atoms with van der Waals surface area (Å²) in [4.78, 5) is 1.78. The van der Waals surface area contributed by atoms with Gasteiger partial charge in [0.2, 0.25) is 0 Å². The number of nitrogens with one attached hydrogen (secondary N) is 1. The van der Waals surface area contributed by atoms with Crippen molar-refractivity contribution in [2.75, 3.05) is 0 Å². The zero-order valence-corrected chi connectivity index (χ0v) is 13.9. The van der Waals surface area contributed by atoms with Crippen molar-refractivity contribution in [2.45, 2.75) is 50.1 Å². The van der Waals surface area contributed by atoms with E-state index >= 15 is 0 Å². The van der Waals surface area contributed by atoms with E-state index in [0.717, 1.165) is 10.5 Å². The number of benzene rings is 2. The first-order valence-corrected chi connectivity index (χ1v) is 8.04. The standard InChI is InChI=1S/C18H22FNS/c1-12(2)20-11-15-6-8-18(16(19)10-15)21-17-7-5-13(3)9-14(17)4/h5-10,12,20H,11H2,1-4H3. The minimum absolute atomic E-state index is 0.150. The monoisotopic (exact) mass is 303 g/mol. The van der Waals surface area contributed by atoms with Crippen molar-refractivity contribution in [1.82, 2.24) is 5.32 Å². The largest absolute Gasteiger partial charge is 0.310 e. The summed E-state index contributed by atoms with van der Waals surface area (Å²) in [7, 11) is 0. The van der Waals surface area contributed by atoms with Crippen molar-refractivity contribution in [1.29, 1.82) is 0 Å². The van der Waals surface area contributed by atoms with Gasteiger partial charge in [-0.2, -0.15) is 0 Å². The molecular formula is C18H22FNS. The highest BCUT2D eigenvalue weighted by Crippen LogP contribution is 2.32. The summed E-state index contributed by atoms with van der Waals surface area (Å²) in [6.45, 7) is 9.00. The van der Waals surface area contributed by atoms with Gasteiger partial charge in [-0.25, -0.2) is 4.39 Å². The van der Waals surface area contributed by atoms with Gasteiger partial charge in [-0.1, -0.05) is 49.4 Å². The van der Waals surface area contributed by atoms with Crippen molar-refractivity contribution in [3.8, 4) is 0 Å². The van der Waals surface area contributed by atoms with Gasteiger partial charge in [0.1, 0.15) is 5.82 Å². The fourth-order valence-electron chi connectivity index (χ4n) is 2.09. The van der Waals surface area contributed by atoms with Crippen LogP contribution in [0.4, 0.5) is 4.39 Å². The highest BCUT2D eigenvalue weighted by atomic mass is 32.2. The maximum Gasteiger partial charge on any atom is 0.137 e. The molecule has 2 aromatic carbocycles. The van der Waals surface area contributed by atoms with E-state index < -0.39 is 0 Å². The Kier molecular flexibility index (Phi) is 5.43. The summed E-state index contributed by atoms with van der Waals surface area (Å²) in [6.07, 6.45) is 0. The van der Waals surface area contributed by atoms with Crippen LogP contribution in [0.5, 0.6) is 0 Å². The third kappa shape index (κ3) is 4.58. The summed E-state index contributed by atoms with van der Waals surface area (Å²) < 4.78 is 14.2. The molecule has 0 amide bonds. The Hall–Kier alpha value is -1.32. The van der Waals surface area contributed by atoms with E-state index in [1.165, 1.54) is 22.9 Å². The van der Waals surface area contributed by atoms with Crippen LogP contribution in [0.1, 0.15) is 30.5 Å². The van der Waals surface area contributed by atoms with Gasteiger partial charge >= 0.3 is 0 Å². The molecule has 0 aliphatic heterocycles. The van der Waals surface area contributed by atoms with E-state index in [2.05, 4.69) is 51.2 Å². The molecule has 0 aliphatic rings. The van der Waals surface area contributed by atoms with E-state index in [1.807, 2.05) is 12.1 Å². The molecule has 0 heterocycles. The van der Waals surface area contributed by atoms with Crippen LogP contribution in [-0.4, -0.2) is 6.04 Å². The van der Waals surface area contributed by atoms with Crippen LogP contribution in [-0.2, 0) is 6.54 Å². The van der Waals surface area contributed by atoms with Crippen LogP contribution >= 0.6 is 11.8 Å². The van der Waals surface area contributed by atoms with Crippen LogP contribution in [0.3, 0.4) is 0 Å². The molecule has 1 nitrogen and oxygen atoms in total. The Morgan fingerprint density at radius 3 is 2.38 bits per heavy atom. The SMILES string of the molecule is Cc1ccc(Sc2ccc(CNC(C)C)cc2F)c(C)c1. The average Bonchev–Trinajstić information content (AvgIpc) is 2.42. The van der Waals surface area contributed by atoms with Crippen LogP contribution in [0.15, 0.2) is 46.2 Å². The van der Waals surface area contributed by atoms with Gasteiger partial charge in [0.15, 0.2) is 0 Å². The second-order valence-electron chi connectivity index (χ2n) is 5.67. The van der Waals surface area contributed by atoms with E-state index in [0.29, 0.717) is 17.5 Å². The van der Waals surface area contributed by atoms with Crippen molar-refractivity contribution in [3.63, 3.8) is 0 Å². The molecule has 0 aliphatic carbocycles. The molecule has 2 rings (SSSR count). The quantitative estimate of drug-likeness (QED) is 0.825. The molecule has 3 heteroatoms. The van der Waals surface area contributed by atoms with Crippen molar-refractivity contribution >= 4 is 11.8 Å². The van der Waals surface area contributed by atoms with E-state index in [4.69, 9.17) is 0 Å². The fraction of sp³-hybridized carbons (Fsp3) is 0.333. The maximum absolute atomic E-state index is 14.2. The first kappa shape index (κ1) is 16.1. The second-order valence-corrected chi connectivity index (χ2v) is 6.76. The Morgan fingerprint density at radius 1 is 1.05 bits per heavy atom. The van der Waals surface area contributed by atoms with E-state index in [9.17, 15) is 4.39 Å². The van der Waals surface area contributed by atoms with Gasteiger partial charge in [0, 0.05) is 22.4 Å². The zero-order chi connectivity index (χ0) is 15.4. The number of aryl methyl sites for hydroxylation is 2. The normalized spacial score (nSPS) is 11.1. The van der Waals surface area contributed by atoms with E-state index in [1.54, 1.807) is 6.07 Å². The Bertz CT molecular complexity index is 623. The number of rotatable bonds is 5. The number of halogens is 1. The lowest BCUT2D eigenvalue weighted by atomic mass is 10.2. The number of hydrogen-bond acceptors (Lipinski definition) is 2. The predicted octanol–water partition coefficient (Wildman–Crippen LogP) is 5.09. The minimum atomic E-state index is -0.150. The van der Waals surface area contributed by atoms with Gasteiger partial charge < -0.3 is 5.32 Å². The van der Waals surface area contributed by atoms with Gasteiger partial charge in [0.25, 0.3) is 0 Å². The third-order valence-electron chi connectivity index (χ3n) is 3.26. The highest BCUT2D eigenvalue weighted by Gasteiger charge is 2.08. The van der Waals surface area contributed by atoms with Crippen LogP contribution < -0.4 is 5.32 Å². The topological polar surface area (TPSA) is 12.0 Å². The molecule has 1 N–H and O–H groups in total. The molecule has 0 radical (unpaired) electrons. The average molecular weight is 303 g/mol. The fourth-order valence-corrected chi connectivity index (χ4v) is 2.98. The molecule has 0 saturated carbocycles. The molecule has 0 atom stereocenters. The minimum Gasteiger partial charge on any atom is -0.310 e. The molecule has 0 unspecified atom stereocenters. The lowest BCUT2D eigenvalue weighted by Crippen LogP contribution is -2.21. The third-order valence-corrected chi connectivity index (χ3v) is 4.49. The molecule has 2 aromatic rings. The summed E-state index contributed by atoms with van der Waals surface area (Å²) in [5, 5.41) is 3.30. The predicted molar refractivity (Wildman–Crippen MR) is 88.4 cm³/mol. The smallest absolute Gasteiger partial charge is 0.137 e. The molecule has 0 saturated heterocycles. The maximum atomic E-state index is 14.2. The molecule has 21 heavy (non-hydrogen) atoms. The van der Waals surface area contributed by atoms with Gasteiger partial charge in [-0.05, 0) is 43.2 Å². The van der Waals surface area contributed by atoms with Crippen LogP contribution in [0.25, 0.3) is 0 Å². The van der Waals surface area contributed by atoms with Gasteiger partial charge in [-0.3, -0.25) is 0 Å². The molecule has 0 aromatic heterocycles. The molecule has 0 bridgehead atoms. The Morgan fingerprint density at radius 2 is 1.76 bits per heavy atom.